The van der Waals surface area contributed by atoms with Crippen LogP contribution in [0.5, 0.6) is 0 Å². The van der Waals surface area contributed by atoms with Gasteiger partial charge in [0, 0.05) is 0 Å². The molecule has 0 bridgehead atoms. The Kier molecular flexibility index (Phi) is 7.16. The van der Waals surface area contributed by atoms with Gasteiger partial charge in [0.15, 0.2) is 0 Å². The van der Waals surface area contributed by atoms with Crippen molar-refractivity contribution in [3.63, 3.8) is 0 Å². The Labute approximate surface area is 181 Å². The second-order valence-corrected chi connectivity index (χ2v) is 12.2. The van der Waals surface area contributed by atoms with Crippen LogP contribution in [0.1, 0.15) is 119 Å². The summed E-state index contributed by atoms with van der Waals surface area (Å²) >= 11 is 0. The molecular formula is C27H50O2. The molecule has 0 spiro atoms. The van der Waals surface area contributed by atoms with Crippen molar-refractivity contribution in [3.8, 4) is 0 Å². The van der Waals surface area contributed by atoms with Crippen molar-refractivity contribution < 1.29 is 10.2 Å². The van der Waals surface area contributed by atoms with Gasteiger partial charge in [-0.05, 0) is 132 Å². The standard InChI is InChI=1S/C25H44O2.C2H6/c1-23(2,26)13-5-6-18-8-10-22-21-9-7-17-16-24(3,27)14-11-19(17)20(21)12-15-25(18,22)4;1-2/h17-22,26-27H,5-16H2,1-4H3;1-2H3/t17?,18?,19?,20?,21?,22?,24-,25?;/m0./s1. The van der Waals surface area contributed by atoms with E-state index in [1.165, 1.54) is 57.8 Å². The summed E-state index contributed by atoms with van der Waals surface area (Å²) in [7, 11) is 0. The van der Waals surface area contributed by atoms with E-state index in [1.54, 1.807) is 0 Å². The van der Waals surface area contributed by atoms with Crippen LogP contribution in [-0.2, 0) is 0 Å². The molecule has 8 atom stereocenters. The second-order valence-electron chi connectivity index (χ2n) is 12.2. The summed E-state index contributed by atoms with van der Waals surface area (Å²) in [5, 5.41) is 20.6. The van der Waals surface area contributed by atoms with E-state index in [-0.39, 0.29) is 0 Å². The summed E-state index contributed by atoms with van der Waals surface area (Å²) in [5.41, 5.74) is -0.332. The maximum Gasteiger partial charge on any atom is 0.0622 e. The van der Waals surface area contributed by atoms with Gasteiger partial charge in [0.1, 0.15) is 0 Å². The SMILES string of the molecule is CC.CC(C)(O)CCCC1CCC2C3CCC4C[C@@](C)(O)CCC4C3CCC12C. The highest BCUT2D eigenvalue weighted by molar-refractivity contribution is 5.06. The molecule has 0 aromatic heterocycles. The van der Waals surface area contributed by atoms with Crippen LogP contribution in [-0.4, -0.2) is 21.4 Å². The summed E-state index contributed by atoms with van der Waals surface area (Å²) in [6, 6.07) is 0. The molecule has 0 aromatic rings. The zero-order chi connectivity index (χ0) is 21.4. The number of fused-ring (bicyclic) bond motifs is 5. The van der Waals surface area contributed by atoms with Gasteiger partial charge in [-0.1, -0.05) is 27.2 Å². The molecule has 2 N–H and O–H groups in total. The van der Waals surface area contributed by atoms with Gasteiger partial charge in [-0.15, -0.1) is 0 Å². The average Bonchev–Trinajstić information content (AvgIpc) is 2.98. The maximum atomic E-state index is 10.6. The van der Waals surface area contributed by atoms with Crippen molar-refractivity contribution in [2.75, 3.05) is 0 Å². The summed E-state index contributed by atoms with van der Waals surface area (Å²) in [6.07, 6.45) is 15.4. The highest BCUT2D eigenvalue weighted by Gasteiger charge is 2.57. The maximum absolute atomic E-state index is 10.6. The highest BCUT2D eigenvalue weighted by Crippen LogP contribution is 2.65. The molecule has 0 heterocycles. The van der Waals surface area contributed by atoms with Gasteiger partial charge < -0.3 is 10.2 Å². The van der Waals surface area contributed by atoms with Crippen LogP contribution >= 0.6 is 0 Å². The Bertz CT molecular complexity index is 533. The first-order valence-electron chi connectivity index (χ1n) is 13.0. The third kappa shape index (κ3) is 4.89. The lowest BCUT2D eigenvalue weighted by Crippen LogP contribution is -2.50. The topological polar surface area (TPSA) is 40.5 Å². The minimum absolute atomic E-state index is 0.393. The molecule has 0 radical (unpaired) electrons. The molecule has 2 nitrogen and oxygen atoms in total. The summed E-state index contributed by atoms with van der Waals surface area (Å²) in [4.78, 5) is 0. The van der Waals surface area contributed by atoms with Gasteiger partial charge in [-0.3, -0.25) is 0 Å². The molecule has 2 heteroatoms. The van der Waals surface area contributed by atoms with Crippen molar-refractivity contribution in [2.45, 2.75) is 130 Å². The van der Waals surface area contributed by atoms with Crippen LogP contribution in [0.25, 0.3) is 0 Å². The van der Waals surface area contributed by atoms with Crippen molar-refractivity contribution in [1.29, 1.82) is 0 Å². The highest BCUT2D eigenvalue weighted by atomic mass is 16.3. The quantitative estimate of drug-likeness (QED) is 0.529. The number of rotatable bonds is 4. The van der Waals surface area contributed by atoms with Crippen molar-refractivity contribution in [1.82, 2.24) is 0 Å². The molecule has 4 rings (SSSR count). The van der Waals surface area contributed by atoms with E-state index in [0.717, 1.165) is 54.8 Å². The third-order valence-corrected chi connectivity index (χ3v) is 9.77. The molecule has 4 aliphatic rings. The van der Waals surface area contributed by atoms with E-state index in [2.05, 4.69) is 13.8 Å². The normalized spacial score (nSPS) is 46.8. The van der Waals surface area contributed by atoms with E-state index in [9.17, 15) is 10.2 Å². The summed E-state index contributed by atoms with van der Waals surface area (Å²) < 4.78 is 0. The van der Waals surface area contributed by atoms with Gasteiger partial charge in [0.2, 0.25) is 0 Å². The predicted molar refractivity (Wildman–Crippen MR) is 123 cm³/mol. The monoisotopic (exact) mass is 406 g/mol. The summed E-state index contributed by atoms with van der Waals surface area (Å²) in [6.45, 7) is 12.6. The van der Waals surface area contributed by atoms with Crippen LogP contribution in [0, 0.1) is 40.9 Å². The van der Waals surface area contributed by atoms with Gasteiger partial charge >= 0.3 is 0 Å². The van der Waals surface area contributed by atoms with Crippen LogP contribution in [0.15, 0.2) is 0 Å². The first kappa shape index (κ1) is 23.6. The average molecular weight is 407 g/mol. The van der Waals surface area contributed by atoms with Gasteiger partial charge in [-0.2, -0.15) is 0 Å². The fourth-order valence-corrected chi connectivity index (χ4v) is 8.45. The van der Waals surface area contributed by atoms with Crippen LogP contribution in [0.4, 0.5) is 0 Å². The lowest BCUT2D eigenvalue weighted by molar-refractivity contribution is -0.100. The van der Waals surface area contributed by atoms with Crippen LogP contribution < -0.4 is 0 Å². The fourth-order valence-electron chi connectivity index (χ4n) is 8.45. The molecule has 0 saturated heterocycles. The summed E-state index contributed by atoms with van der Waals surface area (Å²) in [5.74, 6) is 5.45. The molecular weight excluding hydrogens is 356 g/mol. The van der Waals surface area contributed by atoms with E-state index in [0.29, 0.717) is 5.41 Å². The zero-order valence-corrected chi connectivity index (χ0v) is 20.3. The van der Waals surface area contributed by atoms with Gasteiger partial charge in [0.25, 0.3) is 0 Å². The Hall–Kier alpha value is -0.0800. The van der Waals surface area contributed by atoms with Gasteiger partial charge in [0.05, 0.1) is 11.2 Å². The molecule has 4 fully saturated rings. The first-order chi connectivity index (χ1) is 13.6. The third-order valence-electron chi connectivity index (χ3n) is 9.77. The Balaban J connectivity index is 0.00000117. The fraction of sp³-hybridized carbons (Fsp3) is 1.00. The van der Waals surface area contributed by atoms with Crippen molar-refractivity contribution in [3.05, 3.63) is 0 Å². The predicted octanol–water partition coefficient (Wildman–Crippen LogP) is 6.97. The molecule has 4 saturated carbocycles. The molecule has 29 heavy (non-hydrogen) atoms. The second kappa shape index (κ2) is 8.81. The van der Waals surface area contributed by atoms with E-state index < -0.39 is 11.2 Å². The van der Waals surface area contributed by atoms with E-state index >= 15 is 0 Å². The number of hydrogen-bond donors (Lipinski definition) is 2. The molecule has 0 aromatic carbocycles. The van der Waals surface area contributed by atoms with Crippen LogP contribution in [0.3, 0.4) is 0 Å². The molecule has 4 aliphatic carbocycles. The first-order valence-corrected chi connectivity index (χ1v) is 13.0. The Morgan fingerprint density at radius 3 is 2.24 bits per heavy atom. The molecule has 170 valence electrons. The van der Waals surface area contributed by atoms with Crippen LogP contribution in [0.2, 0.25) is 0 Å². The molecule has 0 amide bonds. The largest absolute Gasteiger partial charge is 0.390 e. The minimum Gasteiger partial charge on any atom is -0.390 e. The Morgan fingerprint density at radius 1 is 0.862 bits per heavy atom. The van der Waals surface area contributed by atoms with Crippen molar-refractivity contribution in [2.24, 2.45) is 40.9 Å². The lowest BCUT2D eigenvalue weighted by atomic mass is 9.49. The van der Waals surface area contributed by atoms with E-state index in [1.807, 2.05) is 27.7 Å². The molecule has 0 aliphatic heterocycles. The minimum atomic E-state index is -0.503. The Morgan fingerprint density at radius 2 is 1.55 bits per heavy atom. The van der Waals surface area contributed by atoms with E-state index in [4.69, 9.17) is 0 Å². The number of aliphatic hydroxyl groups is 2. The zero-order valence-electron chi connectivity index (χ0n) is 20.3. The van der Waals surface area contributed by atoms with Gasteiger partial charge in [-0.25, -0.2) is 0 Å². The van der Waals surface area contributed by atoms with Crippen molar-refractivity contribution >= 4 is 0 Å². The number of hydrogen-bond acceptors (Lipinski definition) is 2. The molecule has 7 unspecified atom stereocenters. The lowest BCUT2D eigenvalue weighted by Gasteiger charge is -2.57. The smallest absolute Gasteiger partial charge is 0.0622 e.